The number of hydrogen-bond donors (Lipinski definition) is 1. The van der Waals surface area contributed by atoms with Crippen molar-refractivity contribution in [3.63, 3.8) is 0 Å². The molecule has 0 aliphatic carbocycles. The Balaban J connectivity index is 1.53. The summed E-state index contributed by atoms with van der Waals surface area (Å²) in [6, 6.07) is 4.03. The van der Waals surface area contributed by atoms with E-state index in [-0.39, 0.29) is 17.9 Å². The van der Waals surface area contributed by atoms with Gasteiger partial charge in [0.05, 0.1) is 6.04 Å². The highest BCUT2D eigenvalue weighted by Gasteiger charge is 2.21. The van der Waals surface area contributed by atoms with Gasteiger partial charge in [-0.15, -0.1) is 22.7 Å². The number of carbonyl (C=O) groups is 2. The van der Waals surface area contributed by atoms with Crippen molar-refractivity contribution in [3.8, 4) is 0 Å². The van der Waals surface area contributed by atoms with Gasteiger partial charge in [-0.05, 0) is 31.2 Å². The van der Waals surface area contributed by atoms with E-state index in [4.69, 9.17) is 0 Å². The predicted octanol–water partition coefficient (Wildman–Crippen LogP) is 3.32. The zero-order valence-electron chi connectivity index (χ0n) is 14.4. The van der Waals surface area contributed by atoms with Gasteiger partial charge >= 0.3 is 0 Å². The Morgan fingerprint density at radius 2 is 2.32 bits per heavy atom. The lowest BCUT2D eigenvalue weighted by atomic mass is 10.1. The average molecular weight is 378 g/mol. The average Bonchev–Trinajstić information content (AvgIpc) is 3.31. The summed E-state index contributed by atoms with van der Waals surface area (Å²) in [7, 11) is 0. The number of nitrogens with zero attached hydrogens (tertiary/aromatic N) is 2. The topological polar surface area (TPSA) is 62.3 Å². The van der Waals surface area contributed by atoms with Crippen LogP contribution in [0.15, 0.2) is 22.9 Å². The first-order valence-corrected chi connectivity index (χ1v) is 10.4. The number of rotatable bonds is 8. The number of nitrogens with one attached hydrogen (secondary N) is 1. The van der Waals surface area contributed by atoms with Gasteiger partial charge in [-0.1, -0.05) is 6.07 Å². The molecule has 1 saturated heterocycles. The summed E-state index contributed by atoms with van der Waals surface area (Å²) in [6.45, 7) is 3.48. The lowest BCUT2D eigenvalue weighted by molar-refractivity contribution is -0.128. The summed E-state index contributed by atoms with van der Waals surface area (Å²) < 4.78 is 0. The van der Waals surface area contributed by atoms with Crippen molar-refractivity contribution in [3.05, 3.63) is 38.5 Å². The molecule has 0 spiro atoms. The third kappa shape index (κ3) is 5.12. The van der Waals surface area contributed by atoms with E-state index in [1.807, 2.05) is 28.7 Å². The number of thiophene rings is 1. The van der Waals surface area contributed by atoms with Gasteiger partial charge in [0.2, 0.25) is 11.8 Å². The zero-order chi connectivity index (χ0) is 17.6. The number of hydrogen-bond acceptors (Lipinski definition) is 5. The van der Waals surface area contributed by atoms with E-state index in [0.29, 0.717) is 25.8 Å². The number of thiazole rings is 1. The fourth-order valence-corrected chi connectivity index (χ4v) is 4.60. The third-order valence-electron chi connectivity index (χ3n) is 4.26. The van der Waals surface area contributed by atoms with Crippen LogP contribution in [0.25, 0.3) is 0 Å². The Labute approximate surface area is 156 Å². The number of carbonyl (C=O) groups excluding carboxylic acids is 2. The molecule has 134 valence electrons. The maximum Gasteiger partial charge on any atom is 0.222 e. The standard InChI is InChI=1S/C18H23N3O2S2/c1-13-12-25-18(19-13)15(11-14-5-4-10-24-14)20-16(22)6-2-8-21-9-3-7-17(21)23/h4-5,10,12,15H,2-3,6-9,11H2,1H3,(H,20,22). The lowest BCUT2D eigenvalue weighted by Crippen LogP contribution is -2.31. The minimum Gasteiger partial charge on any atom is -0.346 e. The molecule has 5 nitrogen and oxygen atoms in total. The normalized spacial score (nSPS) is 15.6. The molecule has 2 aromatic heterocycles. The van der Waals surface area contributed by atoms with Crippen LogP contribution in [0.5, 0.6) is 0 Å². The van der Waals surface area contributed by atoms with Crippen LogP contribution in [0, 0.1) is 6.92 Å². The highest BCUT2D eigenvalue weighted by molar-refractivity contribution is 7.10. The first-order chi connectivity index (χ1) is 12.1. The molecule has 1 aliphatic rings. The molecule has 1 aliphatic heterocycles. The SMILES string of the molecule is Cc1csc(C(Cc2cccs2)NC(=O)CCCN2CCCC2=O)n1. The van der Waals surface area contributed by atoms with Crippen LogP contribution in [-0.2, 0) is 16.0 Å². The molecule has 2 aromatic rings. The molecule has 1 N–H and O–H groups in total. The Morgan fingerprint density at radius 3 is 2.96 bits per heavy atom. The molecule has 7 heteroatoms. The van der Waals surface area contributed by atoms with Gasteiger partial charge in [0.25, 0.3) is 0 Å². The predicted molar refractivity (Wildman–Crippen MR) is 101 cm³/mol. The van der Waals surface area contributed by atoms with Gasteiger partial charge in [0.1, 0.15) is 5.01 Å². The van der Waals surface area contributed by atoms with Crippen molar-refractivity contribution in [2.45, 2.75) is 45.1 Å². The van der Waals surface area contributed by atoms with Crippen molar-refractivity contribution < 1.29 is 9.59 Å². The van der Waals surface area contributed by atoms with E-state index in [9.17, 15) is 9.59 Å². The van der Waals surface area contributed by atoms with E-state index < -0.39 is 0 Å². The summed E-state index contributed by atoms with van der Waals surface area (Å²) >= 11 is 3.29. The largest absolute Gasteiger partial charge is 0.346 e. The molecule has 3 rings (SSSR count). The Kier molecular flexibility index (Phi) is 6.20. The summed E-state index contributed by atoms with van der Waals surface area (Å²) in [6.07, 6.45) is 3.51. The molecule has 0 aromatic carbocycles. The van der Waals surface area contributed by atoms with Crippen LogP contribution in [0.4, 0.5) is 0 Å². The molecule has 0 saturated carbocycles. The second-order valence-electron chi connectivity index (χ2n) is 6.32. The smallest absolute Gasteiger partial charge is 0.222 e. The fourth-order valence-electron chi connectivity index (χ4n) is 3.00. The maximum absolute atomic E-state index is 12.4. The van der Waals surface area contributed by atoms with Gasteiger partial charge in [-0.25, -0.2) is 4.98 Å². The van der Waals surface area contributed by atoms with Crippen molar-refractivity contribution in [2.75, 3.05) is 13.1 Å². The molecular weight excluding hydrogens is 354 g/mol. The Hall–Kier alpha value is -1.73. The summed E-state index contributed by atoms with van der Waals surface area (Å²) in [5.41, 5.74) is 0.984. The van der Waals surface area contributed by atoms with Gasteiger partial charge in [0, 0.05) is 48.3 Å². The van der Waals surface area contributed by atoms with E-state index in [2.05, 4.69) is 16.4 Å². The number of aryl methyl sites for hydroxylation is 1. The Bertz CT molecular complexity index is 712. The van der Waals surface area contributed by atoms with E-state index in [0.717, 1.165) is 30.1 Å². The molecule has 0 bridgehead atoms. The van der Waals surface area contributed by atoms with Crippen molar-refractivity contribution >= 4 is 34.5 Å². The van der Waals surface area contributed by atoms with E-state index >= 15 is 0 Å². The minimum absolute atomic E-state index is 0.0288. The monoisotopic (exact) mass is 377 g/mol. The quantitative estimate of drug-likeness (QED) is 0.768. The van der Waals surface area contributed by atoms with Gasteiger partial charge in [-0.2, -0.15) is 0 Å². The van der Waals surface area contributed by atoms with Crippen LogP contribution >= 0.6 is 22.7 Å². The molecule has 1 fully saturated rings. The van der Waals surface area contributed by atoms with Crippen LogP contribution < -0.4 is 5.32 Å². The maximum atomic E-state index is 12.4. The molecule has 25 heavy (non-hydrogen) atoms. The molecule has 1 atom stereocenters. The second kappa shape index (κ2) is 8.58. The molecule has 2 amide bonds. The molecule has 0 radical (unpaired) electrons. The zero-order valence-corrected chi connectivity index (χ0v) is 16.0. The summed E-state index contributed by atoms with van der Waals surface area (Å²) in [4.78, 5) is 31.6. The molecule has 3 heterocycles. The van der Waals surface area contributed by atoms with Crippen molar-refractivity contribution in [1.82, 2.24) is 15.2 Å². The number of aromatic nitrogens is 1. The lowest BCUT2D eigenvalue weighted by Gasteiger charge is -2.18. The van der Waals surface area contributed by atoms with Crippen LogP contribution in [0.1, 0.15) is 47.3 Å². The van der Waals surface area contributed by atoms with Crippen molar-refractivity contribution in [2.24, 2.45) is 0 Å². The first kappa shape index (κ1) is 18.1. The van der Waals surface area contributed by atoms with E-state index in [1.54, 1.807) is 22.7 Å². The third-order valence-corrected chi connectivity index (χ3v) is 6.23. The van der Waals surface area contributed by atoms with Crippen LogP contribution in [0.3, 0.4) is 0 Å². The molecule has 1 unspecified atom stereocenters. The van der Waals surface area contributed by atoms with Crippen LogP contribution in [0.2, 0.25) is 0 Å². The number of likely N-dealkylation sites (tertiary alicyclic amines) is 1. The minimum atomic E-state index is -0.0849. The Morgan fingerprint density at radius 1 is 1.44 bits per heavy atom. The number of amides is 2. The van der Waals surface area contributed by atoms with Gasteiger partial charge < -0.3 is 10.2 Å². The van der Waals surface area contributed by atoms with Gasteiger partial charge in [0.15, 0.2) is 0 Å². The first-order valence-electron chi connectivity index (χ1n) is 8.63. The summed E-state index contributed by atoms with van der Waals surface area (Å²) in [5.74, 6) is 0.246. The van der Waals surface area contributed by atoms with Gasteiger partial charge in [-0.3, -0.25) is 9.59 Å². The highest BCUT2D eigenvalue weighted by atomic mass is 32.1. The summed E-state index contributed by atoms with van der Waals surface area (Å²) in [5, 5.41) is 8.15. The second-order valence-corrected chi connectivity index (χ2v) is 8.24. The molecular formula is C18H23N3O2S2. The van der Waals surface area contributed by atoms with Crippen molar-refractivity contribution in [1.29, 1.82) is 0 Å². The highest BCUT2D eigenvalue weighted by Crippen LogP contribution is 2.24. The fraction of sp³-hybridized carbons (Fsp3) is 0.500. The van der Waals surface area contributed by atoms with Crippen LogP contribution in [-0.4, -0.2) is 34.8 Å². The van der Waals surface area contributed by atoms with E-state index in [1.165, 1.54) is 4.88 Å².